The summed E-state index contributed by atoms with van der Waals surface area (Å²) in [5.74, 6) is -3.30. The van der Waals surface area contributed by atoms with Crippen LogP contribution in [0.5, 0.6) is 0 Å². The van der Waals surface area contributed by atoms with E-state index in [-0.39, 0.29) is 31.3 Å². The number of esters is 1. The molecule has 0 spiro atoms. The van der Waals surface area contributed by atoms with Crippen LogP contribution < -0.4 is 0 Å². The average molecular weight is 501 g/mol. The smallest absolute Gasteiger partial charge is 0.306 e. The largest absolute Gasteiger partial charge is 0.449 e. The number of ether oxygens (including phenoxy) is 1. The van der Waals surface area contributed by atoms with Crippen LogP contribution in [0, 0.1) is 28.6 Å². The Kier molecular flexibility index (Phi) is 6.16. The van der Waals surface area contributed by atoms with E-state index in [1.54, 1.807) is 20.8 Å². The molecule has 4 aliphatic carbocycles. The molecule has 5 unspecified atom stereocenters. The van der Waals surface area contributed by atoms with Gasteiger partial charge < -0.3 is 9.84 Å². The second kappa shape index (κ2) is 8.22. The van der Waals surface area contributed by atoms with Gasteiger partial charge >= 0.3 is 5.97 Å². The summed E-state index contributed by atoms with van der Waals surface area (Å²) in [6.45, 7) is 6.45. The normalized spacial score (nSPS) is 47.4. The fraction of sp³-hybridized carbons (Fsp3) is 0.720. The van der Waals surface area contributed by atoms with Gasteiger partial charge in [0.25, 0.3) is 0 Å². The Labute approximate surface area is 201 Å². The maximum absolute atomic E-state index is 17.2. The first-order valence-corrected chi connectivity index (χ1v) is 12.7. The molecule has 0 aromatic heterocycles. The molecule has 0 heterocycles. The molecule has 1 N–H and O–H groups in total. The van der Waals surface area contributed by atoms with E-state index >= 15 is 8.78 Å². The number of aliphatic hydroxyl groups is 1. The summed E-state index contributed by atoms with van der Waals surface area (Å²) in [5.41, 5.74) is -6.84. The molecule has 4 rings (SSSR count). The van der Waals surface area contributed by atoms with Crippen LogP contribution in [0.4, 0.5) is 13.2 Å². The Hall–Kier alpha value is -1.61. The lowest BCUT2D eigenvalue weighted by Gasteiger charge is -2.63. The number of hydrogen-bond acceptors (Lipinski definition) is 6. The molecule has 5 nitrogen and oxygen atoms in total. The molecule has 3 fully saturated rings. The van der Waals surface area contributed by atoms with Crippen molar-refractivity contribution >= 4 is 28.6 Å². The highest BCUT2D eigenvalue weighted by Gasteiger charge is 2.78. The predicted octanol–water partition coefficient (Wildman–Crippen LogP) is 4.43. The van der Waals surface area contributed by atoms with Crippen molar-refractivity contribution in [2.75, 3.05) is 6.01 Å². The molecule has 0 radical (unpaired) electrons. The monoisotopic (exact) mass is 500 g/mol. The minimum Gasteiger partial charge on any atom is -0.449 e. The first-order chi connectivity index (χ1) is 15.8. The zero-order chi connectivity index (χ0) is 25.3. The molecule has 9 atom stereocenters. The van der Waals surface area contributed by atoms with Gasteiger partial charge in [-0.25, -0.2) is 13.2 Å². The third kappa shape index (κ3) is 3.01. The van der Waals surface area contributed by atoms with E-state index in [0.717, 1.165) is 6.08 Å². The number of rotatable bonds is 4. The number of ketones is 1. The van der Waals surface area contributed by atoms with E-state index in [1.165, 1.54) is 19.1 Å². The van der Waals surface area contributed by atoms with Crippen LogP contribution in [0.2, 0.25) is 0 Å². The molecule has 0 saturated heterocycles. The predicted molar refractivity (Wildman–Crippen MR) is 121 cm³/mol. The standard InChI is InChI=1S/C25H31F3O5S/c1-5-20(31)33-25(21(32)34-12-26)13(2)8-15-16-10-18(27)17-9-14(29)6-7-22(17,3)24(16,28)19(30)11-23(15,25)4/h6-7,9,13,15-16,18-19,30H,5,8,10-12H2,1-4H3/t13?,15-,16-,18?,19?,22-,23-,24?,25?/m0/s1. The molecule has 9 heteroatoms. The van der Waals surface area contributed by atoms with Gasteiger partial charge in [-0.15, -0.1) is 0 Å². The van der Waals surface area contributed by atoms with Crippen LogP contribution in [0.15, 0.2) is 23.8 Å². The lowest BCUT2D eigenvalue weighted by molar-refractivity contribution is -0.228. The number of allylic oxidation sites excluding steroid dienone is 4. The summed E-state index contributed by atoms with van der Waals surface area (Å²) in [4.78, 5) is 37.8. The Morgan fingerprint density at radius 1 is 1.26 bits per heavy atom. The maximum atomic E-state index is 17.2. The fourth-order valence-corrected chi connectivity index (χ4v) is 8.42. The highest BCUT2D eigenvalue weighted by molar-refractivity contribution is 8.13. The van der Waals surface area contributed by atoms with Gasteiger partial charge in [-0.2, -0.15) is 0 Å². The lowest BCUT2D eigenvalue weighted by Crippen LogP contribution is -2.70. The van der Waals surface area contributed by atoms with E-state index in [2.05, 4.69) is 0 Å². The molecule has 0 amide bonds. The van der Waals surface area contributed by atoms with Gasteiger partial charge in [-0.3, -0.25) is 14.4 Å². The third-order valence-corrected chi connectivity index (χ3v) is 9.90. The Morgan fingerprint density at radius 2 is 1.94 bits per heavy atom. The third-order valence-electron chi connectivity index (χ3n) is 9.22. The van der Waals surface area contributed by atoms with E-state index in [1.807, 2.05) is 0 Å². The summed E-state index contributed by atoms with van der Waals surface area (Å²) in [7, 11) is 0. The van der Waals surface area contributed by atoms with Gasteiger partial charge in [0.15, 0.2) is 17.1 Å². The molecular formula is C25H31F3O5S. The number of thioether (sulfide) groups is 1. The zero-order valence-electron chi connectivity index (χ0n) is 19.8. The molecule has 0 aromatic carbocycles. The number of carbonyl (C=O) groups is 3. The molecule has 34 heavy (non-hydrogen) atoms. The number of alkyl halides is 3. The van der Waals surface area contributed by atoms with Crippen molar-refractivity contribution in [2.24, 2.45) is 28.6 Å². The average Bonchev–Trinajstić information content (AvgIpc) is 2.99. The first-order valence-electron chi connectivity index (χ1n) is 11.7. The number of carbonyl (C=O) groups excluding carboxylic acids is 3. The molecule has 0 aromatic rings. The van der Waals surface area contributed by atoms with Gasteiger partial charge in [0.2, 0.25) is 5.12 Å². The summed E-state index contributed by atoms with van der Waals surface area (Å²) in [6, 6.07) is -1.02. The second-order valence-corrected chi connectivity index (χ2v) is 11.5. The molecule has 4 aliphatic rings. The van der Waals surface area contributed by atoms with Crippen LogP contribution in [-0.4, -0.2) is 51.5 Å². The summed E-state index contributed by atoms with van der Waals surface area (Å²) >= 11 is 0.396. The van der Waals surface area contributed by atoms with Crippen molar-refractivity contribution in [3.8, 4) is 0 Å². The molecular weight excluding hydrogens is 469 g/mol. The first kappa shape index (κ1) is 25.5. The Balaban J connectivity index is 1.87. The summed E-state index contributed by atoms with van der Waals surface area (Å²) < 4.78 is 51.8. The van der Waals surface area contributed by atoms with Crippen LogP contribution in [-0.2, 0) is 19.1 Å². The Morgan fingerprint density at radius 3 is 2.56 bits per heavy atom. The molecule has 3 saturated carbocycles. The molecule has 188 valence electrons. The lowest BCUT2D eigenvalue weighted by atomic mass is 9.44. The Bertz CT molecular complexity index is 984. The number of aliphatic hydroxyl groups excluding tert-OH is 1. The van der Waals surface area contributed by atoms with E-state index < -0.39 is 75.0 Å². The van der Waals surface area contributed by atoms with Crippen molar-refractivity contribution < 1.29 is 37.4 Å². The highest BCUT2D eigenvalue weighted by atomic mass is 32.2. The van der Waals surface area contributed by atoms with Crippen LogP contribution >= 0.6 is 11.8 Å². The van der Waals surface area contributed by atoms with E-state index in [0.29, 0.717) is 11.8 Å². The topological polar surface area (TPSA) is 80.7 Å². The second-order valence-electron chi connectivity index (χ2n) is 10.6. The number of halogens is 3. The molecule has 0 bridgehead atoms. The van der Waals surface area contributed by atoms with Gasteiger partial charge in [-0.1, -0.05) is 26.8 Å². The van der Waals surface area contributed by atoms with Crippen LogP contribution in [0.25, 0.3) is 0 Å². The summed E-state index contributed by atoms with van der Waals surface area (Å²) in [6.07, 6.45) is 0.160. The minimum absolute atomic E-state index is 0.0141. The van der Waals surface area contributed by atoms with Gasteiger partial charge in [0.05, 0.1) is 6.10 Å². The highest BCUT2D eigenvalue weighted by Crippen LogP contribution is 2.72. The van der Waals surface area contributed by atoms with Crippen molar-refractivity contribution in [1.29, 1.82) is 0 Å². The van der Waals surface area contributed by atoms with Crippen molar-refractivity contribution in [3.63, 3.8) is 0 Å². The maximum Gasteiger partial charge on any atom is 0.306 e. The molecule has 0 aliphatic heterocycles. The van der Waals surface area contributed by atoms with Crippen molar-refractivity contribution in [2.45, 2.75) is 76.9 Å². The number of hydrogen-bond donors (Lipinski definition) is 1. The van der Waals surface area contributed by atoms with Gasteiger partial charge in [-0.05, 0) is 61.6 Å². The van der Waals surface area contributed by atoms with Crippen LogP contribution in [0.3, 0.4) is 0 Å². The van der Waals surface area contributed by atoms with Crippen molar-refractivity contribution in [3.05, 3.63) is 23.8 Å². The number of fused-ring (bicyclic) bond motifs is 5. The van der Waals surface area contributed by atoms with Crippen LogP contribution in [0.1, 0.15) is 53.4 Å². The minimum atomic E-state index is -2.30. The van der Waals surface area contributed by atoms with E-state index in [4.69, 9.17) is 4.74 Å². The summed E-state index contributed by atoms with van der Waals surface area (Å²) in [5, 5.41) is 10.7. The quantitative estimate of drug-likeness (QED) is 0.576. The fourth-order valence-electron chi connectivity index (χ4n) is 7.63. The van der Waals surface area contributed by atoms with Gasteiger partial charge in [0, 0.05) is 29.1 Å². The SMILES string of the molecule is CCC(=O)OC1(C(=O)SCF)C(C)C[C@H]2[C@@H]3CC(F)C4=CC(=O)C=C[C@]4(C)C3(F)C(O)C[C@@]21C. The van der Waals surface area contributed by atoms with E-state index in [9.17, 15) is 23.9 Å². The van der Waals surface area contributed by atoms with Gasteiger partial charge in [0.1, 0.15) is 12.2 Å². The van der Waals surface area contributed by atoms with Crippen molar-refractivity contribution in [1.82, 2.24) is 0 Å². The zero-order valence-corrected chi connectivity index (χ0v) is 20.6.